The van der Waals surface area contributed by atoms with Gasteiger partial charge in [-0.25, -0.2) is 4.39 Å². The summed E-state index contributed by atoms with van der Waals surface area (Å²) in [5, 5.41) is 2.37. The zero-order valence-corrected chi connectivity index (χ0v) is 17.1. The monoisotopic (exact) mass is 423 g/mol. The molecule has 3 rings (SSSR count). The molecular weight excluding hydrogens is 401 g/mol. The van der Waals surface area contributed by atoms with Crippen molar-refractivity contribution in [1.82, 2.24) is 0 Å². The maximum Gasteiger partial charge on any atom is 0.494 e. The van der Waals surface area contributed by atoms with E-state index < -0.39 is 41.8 Å². The van der Waals surface area contributed by atoms with Gasteiger partial charge in [0.05, 0.1) is 23.2 Å². The highest BCUT2D eigenvalue weighted by Gasteiger charge is 2.51. The summed E-state index contributed by atoms with van der Waals surface area (Å²) < 4.78 is 64.7. The Bertz CT molecular complexity index is 944. The molecule has 0 aromatic heterocycles. The molecule has 0 aliphatic carbocycles. The summed E-state index contributed by atoms with van der Waals surface area (Å²) in [6, 6.07) is 8.57. The van der Waals surface area contributed by atoms with Crippen molar-refractivity contribution in [3.8, 4) is 0 Å². The molecule has 0 radical (unpaired) electrons. The van der Waals surface area contributed by atoms with Crippen molar-refractivity contribution in [3.63, 3.8) is 0 Å². The summed E-state index contributed by atoms with van der Waals surface area (Å²) in [5.74, 6) is -1.25. The summed E-state index contributed by atoms with van der Waals surface area (Å²) in [5.41, 5.74) is -1.44. The average molecular weight is 423 g/mol. The number of carbonyl (C=O) groups is 1. The van der Waals surface area contributed by atoms with Gasteiger partial charge in [-0.2, -0.15) is 13.2 Å². The van der Waals surface area contributed by atoms with Crippen LogP contribution in [0, 0.1) is 5.82 Å². The number of carbonyl (C=O) groups excluding carboxylic acids is 1. The van der Waals surface area contributed by atoms with Gasteiger partial charge in [0, 0.05) is 5.69 Å². The number of alkyl halides is 3. The van der Waals surface area contributed by atoms with Crippen molar-refractivity contribution >= 4 is 24.2 Å². The van der Waals surface area contributed by atoms with Crippen LogP contribution in [-0.4, -0.2) is 24.2 Å². The van der Waals surface area contributed by atoms with Gasteiger partial charge in [0.25, 0.3) is 0 Å². The van der Waals surface area contributed by atoms with Crippen LogP contribution >= 0.6 is 0 Å². The fourth-order valence-corrected chi connectivity index (χ4v) is 2.98. The lowest BCUT2D eigenvalue weighted by Gasteiger charge is -2.32. The van der Waals surface area contributed by atoms with Gasteiger partial charge in [-0.15, -0.1) is 0 Å². The summed E-state index contributed by atoms with van der Waals surface area (Å²) in [7, 11) is -0.738. The van der Waals surface area contributed by atoms with Crippen LogP contribution in [0.1, 0.15) is 38.8 Å². The first-order valence-corrected chi connectivity index (χ1v) is 9.39. The molecule has 1 aliphatic rings. The Morgan fingerprint density at radius 1 is 1.03 bits per heavy atom. The molecule has 0 saturated carbocycles. The lowest BCUT2D eigenvalue weighted by atomic mass is 9.78. The van der Waals surface area contributed by atoms with Gasteiger partial charge in [-0.3, -0.25) is 4.79 Å². The van der Waals surface area contributed by atoms with Crippen LogP contribution < -0.4 is 10.8 Å². The Morgan fingerprint density at radius 2 is 1.67 bits per heavy atom. The SMILES string of the molecule is CC1(C)OB(c2ccc(CC(=O)Nc3cccc(C(F)(F)F)c3)c(F)c2)OC1(C)C. The van der Waals surface area contributed by atoms with E-state index in [1.165, 1.54) is 24.3 Å². The molecule has 2 aromatic rings. The van der Waals surface area contributed by atoms with Gasteiger partial charge in [-0.05, 0) is 63.0 Å². The minimum absolute atomic E-state index is 0.0101. The zero-order valence-electron chi connectivity index (χ0n) is 17.1. The number of hydrogen-bond acceptors (Lipinski definition) is 3. The van der Waals surface area contributed by atoms with Crippen LogP contribution in [0.4, 0.5) is 23.2 Å². The Hall–Kier alpha value is -2.39. The second kappa shape index (κ2) is 7.70. The van der Waals surface area contributed by atoms with Crippen molar-refractivity contribution in [2.75, 3.05) is 5.32 Å². The number of hydrogen-bond donors (Lipinski definition) is 1. The molecule has 1 aliphatic heterocycles. The third kappa shape index (κ3) is 4.68. The molecule has 1 fully saturated rings. The number of amides is 1. The molecule has 9 heteroatoms. The van der Waals surface area contributed by atoms with E-state index in [0.717, 1.165) is 12.1 Å². The molecule has 1 saturated heterocycles. The van der Waals surface area contributed by atoms with E-state index in [0.29, 0.717) is 5.46 Å². The van der Waals surface area contributed by atoms with Gasteiger partial charge in [0.2, 0.25) is 5.91 Å². The van der Waals surface area contributed by atoms with Gasteiger partial charge < -0.3 is 14.6 Å². The normalized spacial score (nSPS) is 17.8. The van der Waals surface area contributed by atoms with Crippen LogP contribution in [0.5, 0.6) is 0 Å². The van der Waals surface area contributed by atoms with E-state index in [2.05, 4.69) is 5.32 Å². The number of anilines is 1. The van der Waals surface area contributed by atoms with E-state index in [1.54, 1.807) is 6.07 Å². The van der Waals surface area contributed by atoms with Crippen LogP contribution in [0.2, 0.25) is 0 Å². The van der Waals surface area contributed by atoms with Crippen LogP contribution in [0.15, 0.2) is 42.5 Å². The Labute approximate surface area is 172 Å². The van der Waals surface area contributed by atoms with Crippen LogP contribution in [0.25, 0.3) is 0 Å². The molecule has 0 bridgehead atoms. The van der Waals surface area contributed by atoms with Gasteiger partial charge in [0.15, 0.2) is 0 Å². The molecule has 0 unspecified atom stereocenters. The van der Waals surface area contributed by atoms with Crippen molar-refractivity contribution in [2.45, 2.75) is 51.5 Å². The molecular formula is C21H22BF4NO3. The van der Waals surface area contributed by atoms with Crippen molar-refractivity contribution in [2.24, 2.45) is 0 Å². The number of rotatable bonds is 4. The minimum Gasteiger partial charge on any atom is -0.399 e. The second-order valence-corrected chi connectivity index (χ2v) is 8.24. The van der Waals surface area contributed by atoms with Crippen LogP contribution in [0.3, 0.4) is 0 Å². The predicted octanol–water partition coefficient (Wildman–Crippen LogP) is 4.32. The smallest absolute Gasteiger partial charge is 0.399 e. The highest BCUT2D eigenvalue weighted by Crippen LogP contribution is 2.36. The van der Waals surface area contributed by atoms with E-state index in [9.17, 15) is 22.4 Å². The summed E-state index contributed by atoms with van der Waals surface area (Å²) >= 11 is 0. The third-order valence-corrected chi connectivity index (χ3v) is 5.43. The summed E-state index contributed by atoms with van der Waals surface area (Å²) in [6.45, 7) is 7.54. The predicted molar refractivity (Wildman–Crippen MR) is 106 cm³/mol. The molecule has 160 valence electrons. The summed E-state index contributed by atoms with van der Waals surface area (Å²) in [4.78, 5) is 12.2. The van der Waals surface area contributed by atoms with E-state index in [-0.39, 0.29) is 17.7 Å². The lowest BCUT2D eigenvalue weighted by molar-refractivity contribution is -0.137. The number of benzene rings is 2. The molecule has 1 heterocycles. The molecule has 2 aromatic carbocycles. The minimum atomic E-state index is -4.52. The lowest BCUT2D eigenvalue weighted by Crippen LogP contribution is -2.41. The average Bonchev–Trinajstić information content (AvgIpc) is 2.84. The first kappa shape index (κ1) is 22.3. The van der Waals surface area contributed by atoms with Crippen molar-refractivity contribution < 1.29 is 31.7 Å². The molecule has 0 spiro atoms. The highest BCUT2D eigenvalue weighted by molar-refractivity contribution is 6.62. The quantitative estimate of drug-likeness (QED) is 0.589. The molecule has 1 amide bonds. The van der Waals surface area contributed by atoms with Gasteiger partial charge in [0.1, 0.15) is 5.82 Å². The standard InChI is InChI=1S/C21H22BF4NO3/c1-19(2)20(3,4)30-22(29-19)15-9-8-13(17(23)12-15)10-18(28)27-16-7-5-6-14(11-16)21(24,25)26/h5-9,11-12H,10H2,1-4H3,(H,27,28). The molecule has 30 heavy (non-hydrogen) atoms. The van der Waals surface area contributed by atoms with Crippen molar-refractivity contribution in [3.05, 3.63) is 59.4 Å². The van der Waals surface area contributed by atoms with Gasteiger partial charge >= 0.3 is 13.3 Å². The van der Waals surface area contributed by atoms with E-state index >= 15 is 0 Å². The summed E-state index contributed by atoms with van der Waals surface area (Å²) in [6.07, 6.45) is -4.85. The fourth-order valence-electron chi connectivity index (χ4n) is 2.98. The maximum absolute atomic E-state index is 14.6. The zero-order chi connectivity index (χ0) is 22.3. The highest BCUT2D eigenvalue weighted by atomic mass is 19.4. The molecule has 0 atom stereocenters. The largest absolute Gasteiger partial charge is 0.494 e. The Kier molecular flexibility index (Phi) is 5.73. The Morgan fingerprint density at radius 3 is 2.23 bits per heavy atom. The molecule has 1 N–H and O–H groups in total. The fraction of sp³-hybridized carbons (Fsp3) is 0.381. The third-order valence-electron chi connectivity index (χ3n) is 5.43. The number of halogens is 4. The Balaban J connectivity index is 1.69. The topological polar surface area (TPSA) is 47.6 Å². The van der Waals surface area contributed by atoms with Gasteiger partial charge in [-0.1, -0.05) is 18.2 Å². The number of nitrogens with one attached hydrogen (secondary N) is 1. The molecule has 4 nitrogen and oxygen atoms in total. The first-order valence-electron chi connectivity index (χ1n) is 9.39. The first-order chi connectivity index (χ1) is 13.8. The maximum atomic E-state index is 14.6. The van der Waals surface area contributed by atoms with E-state index in [1.807, 2.05) is 27.7 Å². The van der Waals surface area contributed by atoms with Crippen LogP contribution in [-0.2, 0) is 26.7 Å². The van der Waals surface area contributed by atoms with Crippen molar-refractivity contribution in [1.29, 1.82) is 0 Å². The second-order valence-electron chi connectivity index (χ2n) is 8.24. The van der Waals surface area contributed by atoms with E-state index in [4.69, 9.17) is 9.31 Å².